The van der Waals surface area contributed by atoms with Gasteiger partial charge < -0.3 is 30.7 Å². The van der Waals surface area contributed by atoms with Crippen LogP contribution in [0.4, 0.5) is 0 Å². The summed E-state index contributed by atoms with van der Waals surface area (Å²) in [6.07, 6.45) is 8.47. The van der Waals surface area contributed by atoms with E-state index in [1.54, 1.807) is 26.2 Å². The van der Waals surface area contributed by atoms with Crippen LogP contribution >= 0.6 is 24.8 Å². The van der Waals surface area contributed by atoms with E-state index in [9.17, 15) is 14.4 Å². The number of piperidine rings is 2. The Morgan fingerprint density at radius 3 is 2.07 bits per heavy atom. The number of hydrogen-bond acceptors (Lipinski definition) is 7. The van der Waals surface area contributed by atoms with E-state index in [2.05, 4.69) is 21.3 Å². The lowest BCUT2D eigenvalue weighted by Crippen LogP contribution is -2.41. The molecule has 0 spiro atoms. The standard InChI is InChI=1S/C30H48N4O5.2ClH/c1-3-39-29(36)20-27(25-5-4-6-26(19-25)38-2)34-28(35)21-33-30(37)24(9-7-22-11-15-31-16-12-22)10-8-23-13-17-32-18-14-23;;/h4-6,19,22-24,27,31-32H,3,7-18,20-21H2,1-2H3,(H,33,37)(H,34,35);2*1H. The molecule has 11 heteroatoms. The van der Waals surface area contributed by atoms with E-state index >= 15 is 0 Å². The van der Waals surface area contributed by atoms with Crippen LogP contribution in [0.1, 0.15) is 76.3 Å². The van der Waals surface area contributed by atoms with Gasteiger partial charge in [-0.3, -0.25) is 14.4 Å². The highest BCUT2D eigenvalue weighted by Crippen LogP contribution is 2.27. The molecule has 3 rings (SSSR count). The first-order valence-corrected chi connectivity index (χ1v) is 14.8. The van der Waals surface area contributed by atoms with E-state index < -0.39 is 12.0 Å². The second-order valence-electron chi connectivity index (χ2n) is 10.9. The van der Waals surface area contributed by atoms with E-state index in [4.69, 9.17) is 9.47 Å². The van der Waals surface area contributed by atoms with Crippen LogP contribution in [0.25, 0.3) is 0 Å². The molecule has 2 aliphatic rings. The molecule has 2 amide bonds. The highest BCUT2D eigenvalue weighted by molar-refractivity contribution is 5.86. The van der Waals surface area contributed by atoms with Crippen molar-refractivity contribution in [3.63, 3.8) is 0 Å². The molecule has 1 unspecified atom stereocenters. The van der Waals surface area contributed by atoms with Crippen molar-refractivity contribution in [1.29, 1.82) is 0 Å². The topological polar surface area (TPSA) is 118 Å². The average molecular weight is 618 g/mol. The number of nitrogens with one attached hydrogen (secondary N) is 4. The summed E-state index contributed by atoms with van der Waals surface area (Å²) in [5.41, 5.74) is 0.740. The molecule has 0 aliphatic carbocycles. The van der Waals surface area contributed by atoms with Crippen molar-refractivity contribution in [3.8, 4) is 5.75 Å². The molecule has 1 aromatic carbocycles. The van der Waals surface area contributed by atoms with E-state index in [1.165, 1.54) is 0 Å². The molecule has 234 valence electrons. The van der Waals surface area contributed by atoms with Crippen LogP contribution in [-0.2, 0) is 19.1 Å². The van der Waals surface area contributed by atoms with Gasteiger partial charge in [0.2, 0.25) is 11.8 Å². The molecule has 2 aliphatic heterocycles. The summed E-state index contributed by atoms with van der Waals surface area (Å²) in [6.45, 7) is 6.10. The SMILES string of the molecule is CCOC(=O)CC(NC(=O)CNC(=O)C(CCC1CCNCC1)CCC1CCNCC1)c1cccc(OC)c1.Cl.Cl. The van der Waals surface area contributed by atoms with Gasteiger partial charge in [0, 0.05) is 5.92 Å². The largest absolute Gasteiger partial charge is 0.497 e. The number of rotatable bonds is 15. The first kappa shape index (κ1) is 37.0. The van der Waals surface area contributed by atoms with Crippen molar-refractivity contribution >= 4 is 42.6 Å². The molecule has 41 heavy (non-hydrogen) atoms. The van der Waals surface area contributed by atoms with Crippen molar-refractivity contribution in [3.05, 3.63) is 29.8 Å². The zero-order valence-electron chi connectivity index (χ0n) is 24.6. The summed E-state index contributed by atoms with van der Waals surface area (Å²) in [5, 5.41) is 12.6. The average Bonchev–Trinajstić information content (AvgIpc) is 2.97. The van der Waals surface area contributed by atoms with Gasteiger partial charge in [-0.05, 0) is 114 Å². The Hall–Kier alpha value is -2.07. The van der Waals surface area contributed by atoms with Gasteiger partial charge >= 0.3 is 5.97 Å². The summed E-state index contributed by atoms with van der Waals surface area (Å²) >= 11 is 0. The minimum atomic E-state index is -0.584. The number of esters is 1. The Bertz CT molecular complexity index is 889. The molecular weight excluding hydrogens is 567 g/mol. The minimum absolute atomic E-state index is 0. The van der Waals surface area contributed by atoms with E-state index in [1.807, 2.05) is 12.1 Å². The molecule has 0 radical (unpaired) electrons. The van der Waals surface area contributed by atoms with Crippen LogP contribution in [0.15, 0.2) is 24.3 Å². The number of amides is 2. The first-order chi connectivity index (χ1) is 19.0. The fraction of sp³-hybridized carbons (Fsp3) is 0.700. The Labute approximate surface area is 257 Å². The van der Waals surface area contributed by atoms with Crippen LogP contribution in [0.5, 0.6) is 5.75 Å². The maximum absolute atomic E-state index is 13.3. The third kappa shape index (κ3) is 13.6. The summed E-state index contributed by atoms with van der Waals surface area (Å²) in [5.74, 6) is 1.09. The third-order valence-corrected chi connectivity index (χ3v) is 8.07. The second kappa shape index (κ2) is 20.8. The quantitative estimate of drug-likeness (QED) is 0.220. The van der Waals surface area contributed by atoms with Gasteiger partial charge in [-0.15, -0.1) is 24.8 Å². The summed E-state index contributed by atoms with van der Waals surface area (Å²) in [7, 11) is 1.57. The molecule has 2 saturated heterocycles. The van der Waals surface area contributed by atoms with E-state index in [0.29, 0.717) is 17.6 Å². The molecule has 1 aromatic rings. The fourth-order valence-electron chi connectivity index (χ4n) is 5.68. The number of benzene rings is 1. The molecule has 0 aromatic heterocycles. The van der Waals surface area contributed by atoms with Gasteiger partial charge in [-0.1, -0.05) is 12.1 Å². The zero-order valence-corrected chi connectivity index (χ0v) is 26.2. The lowest BCUT2D eigenvalue weighted by atomic mass is 9.84. The second-order valence-corrected chi connectivity index (χ2v) is 10.9. The summed E-state index contributed by atoms with van der Waals surface area (Å²) in [6, 6.07) is 6.67. The number of ether oxygens (including phenoxy) is 2. The number of methoxy groups -OCH3 is 1. The Balaban J connectivity index is 0.00000420. The van der Waals surface area contributed by atoms with Gasteiger partial charge in [0.05, 0.1) is 32.7 Å². The molecule has 9 nitrogen and oxygen atoms in total. The Morgan fingerprint density at radius 1 is 0.951 bits per heavy atom. The van der Waals surface area contributed by atoms with Gasteiger partial charge in [0.1, 0.15) is 5.75 Å². The Kier molecular flexibility index (Phi) is 18.7. The summed E-state index contributed by atoms with van der Waals surface area (Å²) in [4.78, 5) is 38.5. The maximum Gasteiger partial charge on any atom is 0.308 e. The van der Waals surface area contributed by atoms with Crippen LogP contribution in [0.2, 0.25) is 0 Å². The van der Waals surface area contributed by atoms with Crippen molar-refractivity contribution in [2.75, 3.05) is 46.4 Å². The molecule has 0 bridgehead atoms. The highest BCUT2D eigenvalue weighted by atomic mass is 35.5. The van der Waals surface area contributed by atoms with Gasteiger partial charge in [0.15, 0.2) is 0 Å². The van der Waals surface area contributed by atoms with Crippen molar-refractivity contribution < 1.29 is 23.9 Å². The number of halogens is 2. The molecular formula is C30H50Cl2N4O5. The predicted octanol–water partition coefficient (Wildman–Crippen LogP) is 3.94. The third-order valence-electron chi connectivity index (χ3n) is 8.07. The highest BCUT2D eigenvalue weighted by Gasteiger charge is 2.25. The normalized spacial score (nSPS) is 16.6. The fourth-order valence-corrected chi connectivity index (χ4v) is 5.68. The smallest absolute Gasteiger partial charge is 0.308 e. The lowest BCUT2D eigenvalue weighted by Gasteiger charge is -2.27. The van der Waals surface area contributed by atoms with Gasteiger partial charge in [0.25, 0.3) is 0 Å². The first-order valence-electron chi connectivity index (χ1n) is 14.8. The zero-order chi connectivity index (χ0) is 27.9. The molecule has 1 atom stereocenters. The van der Waals surface area contributed by atoms with Crippen LogP contribution in [0, 0.1) is 17.8 Å². The van der Waals surface area contributed by atoms with Crippen molar-refractivity contribution in [2.45, 2.75) is 70.8 Å². The number of carbonyl (C=O) groups excluding carboxylic acids is 3. The maximum atomic E-state index is 13.3. The summed E-state index contributed by atoms with van der Waals surface area (Å²) < 4.78 is 10.4. The van der Waals surface area contributed by atoms with Crippen LogP contribution < -0.4 is 26.0 Å². The number of hydrogen-bond donors (Lipinski definition) is 4. The van der Waals surface area contributed by atoms with Crippen molar-refractivity contribution in [1.82, 2.24) is 21.3 Å². The molecule has 2 fully saturated rings. The lowest BCUT2D eigenvalue weighted by molar-refractivity contribution is -0.144. The monoisotopic (exact) mass is 616 g/mol. The van der Waals surface area contributed by atoms with Crippen LogP contribution in [0.3, 0.4) is 0 Å². The minimum Gasteiger partial charge on any atom is -0.497 e. The predicted molar refractivity (Wildman–Crippen MR) is 166 cm³/mol. The molecule has 0 saturated carbocycles. The number of carbonyl (C=O) groups is 3. The van der Waals surface area contributed by atoms with Gasteiger partial charge in [-0.25, -0.2) is 0 Å². The Morgan fingerprint density at radius 2 is 1.54 bits per heavy atom. The molecule has 4 N–H and O–H groups in total. The van der Waals surface area contributed by atoms with E-state index in [-0.39, 0.29) is 62.1 Å². The molecule has 2 heterocycles. The van der Waals surface area contributed by atoms with Crippen LogP contribution in [-0.4, -0.2) is 64.2 Å². The van der Waals surface area contributed by atoms with E-state index in [0.717, 1.165) is 83.1 Å². The van der Waals surface area contributed by atoms with Crippen molar-refractivity contribution in [2.24, 2.45) is 17.8 Å². The van der Waals surface area contributed by atoms with Gasteiger partial charge in [-0.2, -0.15) is 0 Å².